The van der Waals surface area contributed by atoms with Gasteiger partial charge >= 0.3 is 0 Å². The molecule has 2 amide bonds. The van der Waals surface area contributed by atoms with Gasteiger partial charge in [-0.15, -0.1) is 0 Å². The molecule has 1 rings (SSSR count). The summed E-state index contributed by atoms with van der Waals surface area (Å²) in [6, 6.07) is 0. The fraction of sp³-hybridized carbons (Fsp3) is 0.833. The summed E-state index contributed by atoms with van der Waals surface area (Å²) in [6.45, 7) is 6.54. The molecule has 1 N–H and O–H groups in total. The van der Waals surface area contributed by atoms with Crippen molar-refractivity contribution in [3.05, 3.63) is 0 Å². The lowest BCUT2D eigenvalue weighted by Crippen LogP contribution is -2.50. The molecule has 0 spiro atoms. The SMILES string of the molecule is CCN(CC(=O)N(C)C)CC(=O)N1CCNCC1. The van der Waals surface area contributed by atoms with Crippen molar-refractivity contribution in [3.8, 4) is 0 Å². The second-order valence-corrected chi connectivity index (χ2v) is 4.72. The van der Waals surface area contributed by atoms with E-state index in [0.29, 0.717) is 19.6 Å². The van der Waals surface area contributed by atoms with Crippen LogP contribution in [0.25, 0.3) is 0 Å². The lowest BCUT2D eigenvalue weighted by Gasteiger charge is -2.30. The Morgan fingerprint density at radius 1 is 1.17 bits per heavy atom. The van der Waals surface area contributed by atoms with Crippen molar-refractivity contribution in [2.75, 3.05) is 59.9 Å². The molecule has 18 heavy (non-hydrogen) atoms. The first-order valence-electron chi connectivity index (χ1n) is 6.45. The van der Waals surface area contributed by atoms with E-state index in [-0.39, 0.29) is 11.8 Å². The lowest BCUT2D eigenvalue weighted by molar-refractivity contribution is -0.135. The van der Waals surface area contributed by atoms with Gasteiger partial charge < -0.3 is 15.1 Å². The van der Waals surface area contributed by atoms with E-state index in [1.807, 2.05) is 16.7 Å². The highest BCUT2D eigenvalue weighted by Crippen LogP contribution is 1.97. The number of carbonyl (C=O) groups excluding carboxylic acids is 2. The molecular weight excluding hydrogens is 232 g/mol. The molecule has 1 heterocycles. The third-order valence-electron chi connectivity index (χ3n) is 3.13. The normalized spacial score (nSPS) is 15.9. The summed E-state index contributed by atoms with van der Waals surface area (Å²) in [5, 5.41) is 3.22. The monoisotopic (exact) mass is 256 g/mol. The lowest BCUT2D eigenvalue weighted by atomic mass is 10.3. The zero-order chi connectivity index (χ0) is 13.5. The van der Waals surface area contributed by atoms with Crippen LogP contribution in [0.3, 0.4) is 0 Å². The van der Waals surface area contributed by atoms with Crippen LogP contribution in [0.2, 0.25) is 0 Å². The summed E-state index contributed by atoms with van der Waals surface area (Å²) >= 11 is 0. The minimum Gasteiger partial charge on any atom is -0.348 e. The molecule has 0 aromatic heterocycles. The average molecular weight is 256 g/mol. The molecule has 1 aliphatic rings. The Kier molecular flexibility index (Phi) is 6.07. The Morgan fingerprint density at radius 2 is 1.78 bits per heavy atom. The van der Waals surface area contributed by atoms with Gasteiger partial charge in [0.15, 0.2) is 0 Å². The van der Waals surface area contributed by atoms with Crippen LogP contribution in [0.4, 0.5) is 0 Å². The summed E-state index contributed by atoms with van der Waals surface area (Å²) in [5.74, 6) is 0.148. The van der Waals surface area contributed by atoms with Gasteiger partial charge in [0.1, 0.15) is 0 Å². The van der Waals surface area contributed by atoms with E-state index in [9.17, 15) is 9.59 Å². The van der Waals surface area contributed by atoms with E-state index in [4.69, 9.17) is 0 Å². The smallest absolute Gasteiger partial charge is 0.236 e. The van der Waals surface area contributed by atoms with Crippen LogP contribution in [0, 0.1) is 0 Å². The number of hydrogen-bond acceptors (Lipinski definition) is 4. The molecule has 1 saturated heterocycles. The van der Waals surface area contributed by atoms with Gasteiger partial charge in [-0.1, -0.05) is 6.92 Å². The molecule has 104 valence electrons. The van der Waals surface area contributed by atoms with Crippen molar-refractivity contribution in [1.29, 1.82) is 0 Å². The molecule has 0 bridgehead atoms. The molecule has 1 aliphatic heterocycles. The highest BCUT2D eigenvalue weighted by molar-refractivity contribution is 5.81. The number of carbonyl (C=O) groups is 2. The predicted molar refractivity (Wildman–Crippen MR) is 70.3 cm³/mol. The molecule has 0 aromatic rings. The molecule has 0 aromatic carbocycles. The van der Waals surface area contributed by atoms with E-state index < -0.39 is 0 Å². The molecule has 0 saturated carbocycles. The van der Waals surface area contributed by atoms with Crippen LogP contribution in [0.1, 0.15) is 6.92 Å². The van der Waals surface area contributed by atoms with Crippen molar-refractivity contribution in [2.24, 2.45) is 0 Å². The Bertz CT molecular complexity index is 288. The van der Waals surface area contributed by atoms with Crippen LogP contribution in [0.5, 0.6) is 0 Å². The molecular formula is C12H24N4O2. The first-order valence-corrected chi connectivity index (χ1v) is 6.45. The van der Waals surface area contributed by atoms with E-state index in [1.54, 1.807) is 19.0 Å². The number of hydrogen-bond donors (Lipinski definition) is 1. The van der Waals surface area contributed by atoms with Crippen molar-refractivity contribution in [3.63, 3.8) is 0 Å². The predicted octanol–water partition coefficient (Wildman–Crippen LogP) is -1.17. The quantitative estimate of drug-likeness (QED) is 0.673. The summed E-state index contributed by atoms with van der Waals surface area (Å²) in [4.78, 5) is 29.0. The Balaban J connectivity index is 2.41. The molecule has 6 heteroatoms. The van der Waals surface area contributed by atoms with Gasteiger partial charge in [0.05, 0.1) is 13.1 Å². The van der Waals surface area contributed by atoms with Crippen molar-refractivity contribution >= 4 is 11.8 Å². The standard InChI is InChI=1S/C12H24N4O2/c1-4-15(9-11(17)14(2)3)10-12(18)16-7-5-13-6-8-16/h13H,4-10H2,1-3H3. The number of piperazine rings is 1. The van der Waals surface area contributed by atoms with Gasteiger partial charge in [0, 0.05) is 40.3 Å². The van der Waals surface area contributed by atoms with E-state index in [2.05, 4.69) is 5.32 Å². The fourth-order valence-corrected chi connectivity index (χ4v) is 1.82. The molecule has 0 unspecified atom stereocenters. The zero-order valence-electron chi connectivity index (χ0n) is 11.6. The Morgan fingerprint density at radius 3 is 2.28 bits per heavy atom. The zero-order valence-corrected chi connectivity index (χ0v) is 11.6. The second kappa shape index (κ2) is 7.33. The minimum absolute atomic E-state index is 0.0324. The van der Waals surface area contributed by atoms with Gasteiger partial charge in [0.2, 0.25) is 11.8 Å². The van der Waals surface area contributed by atoms with Crippen molar-refractivity contribution in [1.82, 2.24) is 20.0 Å². The molecule has 0 radical (unpaired) electrons. The second-order valence-electron chi connectivity index (χ2n) is 4.72. The minimum atomic E-state index is 0.0324. The molecule has 6 nitrogen and oxygen atoms in total. The maximum atomic E-state index is 12.1. The highest BCUT2D eigenvalue weighted by atomic mass is 16.2. The number of nitrogens with zero attached hydrogens (tertiary/aromatic N) is 3. The Labute approximate surface area is 109 Å². The molecule has 0 atom stereocenters. The number of rotatable bonds is 5. The average Bonchev–Trinajstić information content (AvgIpc) is 2.38. The number of amides is 2. The van der Waals surface area contributed by atoms with E-state index in [1.165, 1.54) is 0 Å². The van der Waals surface area contributed by atoms with Gasteiger partial charge in [-0.25, -0.2) is 0 Å². The topological polar surface area (TPSA) is 55.9 Å². The first kappa shape index (κ1) is 14.9. The van der Waals surface area contributed by atoms with E-state index >= 15 is 0 Å². The maximum absolute atomic E-state index is 12.1. The highest BCUT2D eigenvalue weighted by Gasteiger charge is 2.20. The maximum Gasteiger partial charge on any atom is 0.236 e. The third-order valence-corrected chi connectivity index (χ3v) is 3.13. The van der Waals surface area contributed by atoms with Gasteiger partial charge in [-0.05, 0) is 6.54 Å². The summed E-state index contributed by atoms with van der Waals surface area (Å²) in [5.41, 5.74) is 0. The van der Waals surface area contributed by atoms with Crippen LogP contribution in [-0.4, -0.2) is 86.4 Å². The Hall–Kier alpha value is -1.14. The first-order chi connectivity index (χ1) is 8.54. The van der Waals surface area contributed by atoms with Crippen molar-refractivity contribution in [2.45, 2.75) is 6.92 Å². The van der Waals surface area contributed by atoms with Gasteiger partial charge in [0.25, 0.3) is 0 Å². The molecule has 1 fully saturated rings. The van der Waals surface area contributed by atoms with Crippen LogP contribution in [-0.2, 0) is 9.59 Å². The fourth-order valence-electron chi connectivity index (χ4n) is 1.82. The largest absolute Gasteiger partial charge is 0.348 e. The van der Waals surface area contributed by atoms with Gasteiger partial charge in [-0.3, -0.25) is 14.5 Å². The van der Waals surface area contributed by atoms with Crippen molar-refractivity contribution < 1.29 is 9.59 Å². The number of nitrogens with one attached hydrogen (secondary N) is 1. The summed E-state index contributed by atoms with van der Waals surface area (Å²) in [7, 11) is 3.46. The van der Waals surface area contributed by atoms with Crippen LogP contribution < -0.4 is 5.32 Å². The van der Waals surface area contributed by atoms with Crippen LogP contribution >= 0.6 is 0 Å². The summed E-state index contributed by atoms with van der Waals surface area (Å²) < 4.78 is 0. The number of likely N-dealkylation sites (N-methyl/N-ethyl adjacent to an activating group) is 2. The van der Waals surface area contributed by atoms with Gasteiger partial charge in [-0.2, -0.15) is 0 Å². The van der Waals surface area contributed by atoms with E-state index in [0.717, 1.165) is 26.2 Å². The van der Waals surface area contributed by atoms with Crippen LogP contribution in [0.15, 0.2) is 0 Å². The molecule has 0 aliphatic carbocycles. The summed E-state index contributed by atoms with van der Waals surface area (Å²) in [6.07, 6.45) is 0. The third kappa shape index (κ3) is 4.62.